The van der Waals surface area contributed by atoms with Gasteiger partial charge in [-0.05, 0) is 23.7 Å². The van der Waals surface area contributed by atoms with Gasteiger partial charge in [-0.15, -0.1) is 0 Å². The Morgan fingerprint density at radius 2 is 1.79 bits per heavy atom. The molecule has 76 valence electrons. The lowest BCUT2D eigenvalue weighted by atomic mass is 10.1. The smallest absolute Gasteiger partial charge is 0.0537 e. The first-order valence-corrected chi connectivity index (χ1v) is 8.66. The van der Waals surface area contributed by atoms with Crippen LogP contribution in [0.4, 0.5) is 0 Å². The fraction of sp³-hybridized carbons (Fsp3) is 0.417. The quantitative estimate of drug-likeness (QED) is 0.574. The van der Waals surface area contributed by atoms with E-state index in [0.717, 1.165) is 6.42 Å². The molecule has 0 bridgehead atoms. The summed E-state index contributed by atoms with van der Waals surface area (Å²) < 4.78 is 0. The van der Waals surface area contributed by atoms with E-state index in [1.807, 2.05) is 6.07 Å². The number of hydrogen-bond donors (Lipinski definition) is 1. The summed E-state index contributed by atoms with van der Waals surface area (Å²) in [6.07, 6.45) is 2.67. The van der Waals surface area contributed by atoms with Crippen molar-refractivity contribution in [2.45, 2.75) is 31.6 Å². The second-order valence-corrected chi connectivity index (χ2v) is 10.3. The van der Waals surface area contributed by atoms with Crippen molar-refractivity contribution >= 4 is 14.3 Å². The van der Waals surface area contributed by atoms with Gasteiger partial charge in [0.05, 0.1) is 8.07 Å². The molecule has 0 saturated heterocycles. The van der Waals surface area contributed by atoms with Gasteiger partial charge in [0, 0.05) is 0 Å². The molecular weight excluding hydrogens is 186 g/mol. The lowest BCUT2D eigenvalue weighted by molar-refractivity contribution is 1.00. The highest BCUT2D eigenvalue weighted by atomic mass is 28.3. The number of benzene rings is 1. The maximum absolute atomic E-state index is 7.47. The zero-order chi connectivity index (χ0) is 10.6. The first-order valence-electron chi connectivity index (χ1n) is 5.08. The van der Waals surface area contributed by atoms with Gasteiger partial charge < -0.3 is 5.41 Å². The van der Waals surface area contributed by atoms with Crippen LogP contribution in [0.1, 0.15) is 5.56 Å². The first kappa shape index (κ1) is 11.2. The highest BCUT2D eigenvalue weighted by molar-refractivity contribution is 6.79. The van der Waals surface area contributed by atoms with Gasteiger partial charge in [-0.3, -0.25) is 0 Å². The predicted molar refractivity (Wildman–Crippen MR) is 66.0 cm³/mol. The zero-order valence-corrected chi connectivity index (χ0v) is 10.2. The molecule has 0 aliphatic heterocycles. The number of rotatable bonds is 4. The van der Waals surface area contributed by atoms with E-state index in [4.69, 9.17) is 5.41 Å². The Balaban J connectivity index is 2.72. The van der Waals surface area contributed by atoms with Crippen LogP contribution in [0.5, 0.6) is 0 Å². The van der Waals surface area contributed by atoms with Gasteiger partial charge in [-0.1, -0.05) is 50.0 Å². The van der Waals surface area contributed by atoms with E-state index in [-0.39, 0.29) is 0 Å². The fourth-order valence-electron chi connectivity index (χ4n) is 1.48. The van der Waals surface area contributed by atoms with Crippen molar-refractivity contribution in [1.82, 2.24) is 0 Å². The third kappa shape index (κ3) is 3.11. The Bertz CT molecular complexity index is 287. The molecule has 1 rings (SSSR count). The zero-order valence-electron chi connectivity index (χ0n) is 9.25. The molecule has 1 atom stereocenters. The van der Waals surface area contributed by atoms with Crippen LogP contribution in [0.25, 0.3) is 0 Å². The Hall–Kier alpha value is -0.893. The van der Waals surface area contributed by atoms with Crippen LogP contribution in [0, 0.1) is 5.41 Å². The maximum Gasteiger partial charge on any atom is 0.0537 e. The summed E-state index contributed by atoms with van der Waals surface area (Å²) in [4.78, 5) is 0. The molecule has 0 fully saturated rings. The van der Waals surface area contributed by atoms with E-state index in [1.54, 1.807) is 6.21 Å². The standard InChI is InChI=1S/C12H19NSi/c1-14(2,3)12(10-13)9-11-7-5-4-6-8-11/h4-8,10,12-13H,9H2,1-3H3. The molecular formula is C12H19NSi. The van der Waals surface area contributed by atoms with Crippen LogP contribution < -0.4 is 0 Å². The average molecular weight is 205 g/mol. The van der Waals surface area contributed by atoms with Crippen LogP contribution in [0.15, 0.2) is 30.3 Å². The lowest BCUT2D eigenvalue weighted by Crippen LogP contribution is -2.30. The van der Waals surface area contributed by atoms with Crippen molar-refractivity contribution in [2.24, 2.45) is 0 Å². The molecule has 0 aliphatic rings. The monoisotopic (exact) mass is 205 g/mol. The minimum Gasteiger partial charge on any atom is -0.313 e. The third-order valence-corrected chi connectivity index (χ3v) is 5.21. The van der Waals surface area contributed by atoms with Gasteiger partial charge in [0.15, 0.2) is 0 Å². The molecule has 0 heterocycles. The molecule has 14 heavy (non-hydrogen) atoms. The Kier molecular flexibility index (Phi) is 3.64. The molecule has 1 aromatic rings. The lowest BCUT2D eigenvalue weighted by Gasteiger charge is -2.25. The van der Waals surface area contributed by atoms with Gasteiger partial charge in [-0.25, -0.2) is 0 Å². The first-order chi connectivity index (χ1) is 6.54. The summed E-state index contributed by atoms with van der Waals surface area (Å²) in [5, 5.41) is 7.47. The van der Waals surface area contributed by atoms with Gasteiger partial charge in [0.25, 0.3) is 0 Å². The highest BCUT2D eigenvalue weighted by Crippen LogP contribution is 2.23. The van der Waals surface area contributed by atoms with Crippen molar-refractivity contribution in [3.8, 4) is 0 Å². The van der Waals surface area contributed by atoms with E-state index in [2.05, 4.69) is 43.9 Å². The van der Waals surface area contributed by atoms with Gasteiger partial charge in [-0.2, -0.15) is 0 Å². The molecule has 0 amide bonds. The Morgan fingerprint density at radius 3 is 2.21 bits per heavy atom. The molecule has 2 heteroatoms. The molecule has 0 aliphatic carbocycles. The molecule has 0 spiro atoms. The van der Waals surface area contributed by atoms with Crippen LogP contribution >= 0.6 is 0 Å². The third-order valence-electron chi connectivity index (χ3n) is 2.61. The Morgan fingerprint density at radius 1 is 1.21 bits per heavy atom. The Labute approximate surface area is 87.7 Å². The minimum atomic E-state index is -1.21. The molecule has 1 unspecified atom stereocenters. The number of nitrogens with one attached hydrogen (secondary N) is 1. The molecule has 1 N–H and O–H groups in total. The van der Waals surface area contributed by atoms with E-state index < -0.39 is 8.07 Å². The SMILES string of the molecule is C[Si](C)(C)C(C=N)Cc1ccccc1. The predicted octanol–water partition coefficient (Wildman–Crippen LogP) is 3.59. The highest BCUT2D eigenvalue weighted by Gasteiger charge is 2.24. The van der Waals surface area contributed by atoms with Gasteiger partial charge in [0.1, 0.15) is 0 Å². The van der Waals surface area contributed by atoms with Crippen molar-refractivity contribution < 1.29 is 0 Å². The second-order valence-electron chi connectivity index (χ2n) is 4.83. The van der Waals surface area contributed by atoms with Gasteiger partial charge in [0.2, 0.25) is 0 Å². The van der Waals surface area contributed by atoms with E-state index in [1.165, 1.54) is 5.56 Å². The van der Waals surface area contributed by atoms with E-state index in [0.29, 0.717) is 5.54 Å². The molecule has 0 saturated carbocycles. The minimum absolute atomic E-state index is 0.463. The van der Waals surface area contributed by atoms with Crippen molar-refractivity contribution in [1.29, 1.82) is 5.41 Å². The summed E-state index contributed by atoms with van der Waals surface area (Å²) in [5.74, 6) is 0. The second kappa shape index (κ2) is 4.56. The summed E-state index contributed by atoms with van der Waals surface area (Å²) in [6.45, 7) is 6.98. The van der Waals surface area contributed by atoms with E-state index >= 15 is 0 Å². The topological polar surface area (TPSA) is 23.9 Å². The van der Waals surface area contributed by atoms with E-state index in [9.17, 15) is 0 Å². The summed E-state index contributed by atoms with van der Waals surface area (Å²) >= 11 is 0. The normalized spacial score (nSPS) is 13.6. The molecule has 0 radical (unpaired) electrons. The molecule has 1 aromatic carbocycles. The molecule has 1 nitrogen and oxygen atoms in total. The average Bonchev–Trinajstić information content (AvgIpc) is 2.14. The number of hydrogen-bond acceptors (Lipinski definition) is 1. The van der Waals surface area contributed by atoms with Crippen LogP contribution in [0.3, 0.4) is 0 Å². The van der Waals surface area contributed by atoms with Crippen molar-refractivity contribution in [2.75, 3.05) is 0 Å². The maximum atomic E-state index is 7.47. The van der Waals surface area contributed by atoms with Crippen LogP contribution in [0.2, 0.25) is 25.2 Å². The van der Waals surface area contributed by atoms with Crippen LogP contribution in [-0.4, -0.2) is 14.3 Å². The van der Waals surface area contributed by atoms with Gasteiger partial charge >= 0.3 is 0 Å². The molecule has 0 aromatic heterocycles. The summed E-state index contributed by atoms with van der Waals surface area (Å²) in [7, 11) is -1.21. The summed E-state index contributed by atoms with van der Waals surface area (Å²) in [5.41, 5.74) is 1.81. The van der Waals surface area contributed by atoms with Crippen molar-refractivity contribution in [3.05, 3.63) is 35.9 Å². The largest absolute Gasteiger partial charge is 0.313 e. The van der Waals surface area contributed by atoms with Crippen LogP contribution in [-0.2, 0) is 6.42 Å². The van der Waals surface area contributed by atoms with Crippen molar-refractivity contribution in [3.63, 3.8) is 0 Å². The fourth-order valence-corrected chi connectivity index (χ4v) is 2.83. The summed E-state index contributed by atoms with van der Waals surface area (Å²) in [6, 6.07) is 10.5.